The van der Waals surface area contributed by atoms with E-state index in [1.54, 1.807) is 18.2 Å². The number of ether oxygens (including phenoxy) is 2. The van der Waals surface area contributed by atoms with Crippen LogP contribution in [0.5, 0.6) is 11.5 Å². The van der Waals surface area contributed by atoms with Gasteiger partial charge in [0.25, 0.3) is 5.91 Å². The number of hydrogen-bond acceptors (Lipinski definition) is 4. The van der Waals surface area contributed by atoms with E-state index in [1.165, 1.54) is 5.56 Å². The highest BCUT2D eigenvalue weighted by atomic mass is 16.5. The van der Waals surface area contributed by atoms with Crippen molar-refractivity contribution in [3.63, 3.8) is 0 Å². The molecule has 30 heavy (non-hydrogen) atoms. The van der Waals surface area contributed by atoms with Crippen LogP contribution in [-0.2, 0) is 17.6 Å². The van der Waals surface area contributed by atoms with Crippen LogP contribution >= 0.6 is 0 Å². The molecule has 1 atom stereocenters. The second-order valence-electron chi connectivity index (χ2n) is 7.71. The van der Waals surface area contributed by atoms with Gasteiger partial charge in [0.15, 0.2) is 0 Å². The first-order valence-electron chi connectivity index (χ1n) is 10.5. The van der Waals surface area contributed by atoms with Crippen LogP contribution in [0.25, 0.3) is 0 Å². The first kappa shape index (κ1) is 21.7. The Morgan fingerprint density at radius 2 is 1.97 bits per heavy atom. The monoisotopic (exact) mass is 410 g/mol. The number of hydrogen-bond donors (Lipinski definition) is 2. The van der Waals surface area contributed by atoms with Crippen molar-refractivity contribution in [1.29, 1.82) is 0 Å². The summed E-state index contributed by atoms with van der Waals surface area (Å²) in [6, 6.07) is 12.6. The number of carbonyl (C=O) groups is 2. The third kappa shape index (κ3) is 5.32. The molecule has 0 fully saturated rings. The first-order valence-corrected chi connectivity index (χ1v) is 10.5. The lowest BCUT2D eigenvalue weighted by Crippen LogP contribution is -2.50. The van der Waals surface area contributed by atoms with Crippen LogP contribution in [0.15, 0.2) is 42.5 Å². The molecule has 160 valence electrons. The van der Waals surface area contributed by atoms with Crippen molar-refractivity contribution in [2.45, 2.75) is 39.7 Å². The zero-order valence-corrected chi connectivity index (χ0v) is 17.9. The Kier molecular flexibility index (Phi) is 7.33. The van der Waals surface area contributed by atoms with Crippen molar-refractivity contribution in [3.05, 3.63) is 59.2 Å². The zero-order chi connectivity index (χ0) is 21.5. The van der Waals surface area contributed by atoms with E-state index in [0.717, 1.165) is 30.8 Å². The Morgan fingerprint density at radius 1 is 1.17 bits per heavy atom. The number of fused-ring (bicyclic) bond motifs is 1. The Bertz CT molecular complexity index is 895. The quantitative estimate of drug-likeness (QED) is 0.666. The Hall–Kier alpha value is -3.02. The summed E-state index contributed by atoms with van der Waals surface area (Å²) in [4.78, 5) is 25.5. The fourth-order valence-corrected chi connectivity index (χ4v) is 3.52. The summed E-state index contributed by atoms with van der Waals surface area (Å²) in [6.07, 6.45) is 1.66. The summed E-state index contributed by atoms with van der Waals surface area (Å²) in [6.45, 7) is 7.41. The largest absolute Gasteiger partial charge is 0.493 e. The van der Waals surface area contributed by atoms with Gasteiger partial charge >= 0.3 is 0 Å². The van der Waals surface area contributed by atoms with Gasteiger partial charge in [-0.15, -0.1) is 0 Å². The second kappa shape index (κ2) is 10.1. The van der Waals surface area contributed by atoms with Crippen LogP contribution in [0.3, 0.4) is 0 Å². The van der Waals surface area contributed by atoms with Gasteiger partial charge in [0.2, 0.25) is 5.91 Å². The molecule has 1 unspecified atom stereocenters. The van der Waals surface area contributed by atoms with E-state index in [1.807, 2.05) is 39.0 Å². The minimum Gasteiger partial charge on any atom is -0.493 e. The molecule has 1 aliphatic heterocycles. The van der Waals surface area contributed by atoms with E-state index in [9.17, 15) is 9.59 Å². The molecule has 1 heterocycles. The third-order valence-electron chi connectivity index (χ3n) is 5.13. The van der Waals surface area contributed by atoms with Gasteiger partial charge in [0, 0.05) is 13.0 Å². The van der Waals surface area contributed by atoms with Gasteiger partial charge in [-0.1, -0.05) is 38.1 Å². The topological polar surface area (TPSA) is 76.7 Å². The summed E-state index contributed by atoms with van der Waals surface area (Å²) in [5, 5.41) is 5.83. The molecule has 0 aliphatic carbocycles. The van der Waals surface area contributed by atoms with Gasteiger partial charge < -0.3 is 20.1 Å². The van der Waals surface area contributed by atoms with Crippen LogP contribution in [0.1, 0.15) is 42.3 Å². The number of benzene rings is 2. The number of rotatable bonds is 9. The van der Waals surface area contributed by atoms with Crippen molar-refractivity contribution in [2.24, 2.45) is 5.92 Å². The van der Waals surface area contributed by atoms with Crippen LogP contribution in [0.2, 0.25) is 0 Å². The lowest BCUT2D eigenvalue weighted by Gasteiger charge is -2.22. The highest BCUT2D eigenvalue weighted by molar-refractivity contribution is 5.99. The van der Waals surface area contributed by atoms with E-state index in [-0.39, 0.29) is 17.7 Å². The van der Waals surface area contributed by atoms with E-state index in [0.29, 0.717) is 24.5 Å². The smallest absolute Gasteiger partial charge is 0.255 e. The lowest BCUT2D eigenvalue weighted by molar-refractivity contribution is -0.123. The summed E-state index contributed by atoms with van der Waals surface area (Å²) in [5.41, 5.74) is 2.81. The number of para-hydroxylation sites is 1. The minimum atomic E-state index is -0.624. The second-order valence-corrected chi connectivity index (χ2v) is 7.71. The number of nitrogens with one attached hydrogen (secondary N) is 2. The molecule has 6 heteroatoms. The number of carbonyl (C=O) groups excluding carboxylic acids is 2. The van der Waals surface area contributed by atoms with E-state index < -0.39 is 6.04 Å². The van der Waals surface area contributed by atoms with Crippen LogP contribution in [0.4, 0.5) is 0 Å². The van der Waals surface area contributed by atoms with Gasteiger partial charge in [-0.25, -0.2) is 0 Å². The van der Waals surface area contributed by atoms with Gasteiger partial charge in [-0.2, -0.15) is 0 Å². The SMILES string of the molecule is CCOc1ccccc1C(=O)NC(C(=O)NCCc1ccc2c(c1)CCO2)C(C)C. The predicted molar refractivity (Wildman–Crippen MR) is 116 cm³/mol. The summed E-state index contributed by atoms with van der Waals surface area (Å²) in [5.74, 6) is 0.923. The lowest BCUT2D eigenvalue weighted by atomic mass is 10.0. The highest BCUT2D eigenvalue weighted by Crippen LogP contribution is 2.26. The van der Waals surface area contributed by atoms with Crippen LogP contribution < -0.4 is 20.1 Å². The molecular weight excluding hydrogens is 380 g/mol. The molecule has 0 bridgehead atoms. The van der Waals surface area contributed by atoms with Crippen molar-refractivity contribution >= 4 is 11.8 Å². The molecule has 2 N–H and O–H groups in total. The first-order chi connectivity index (χ1) is 14.5. The molecule has 2 amide bonds. The predicted octanol–water partition coefficient (Wildman–Crippen LogP) is 3.13. The summed E-state index contributed by atoms with van der Waals surface area (Å²) >= 11 is 0. The maximum absolute atomic E-state index is 12.8. The van der Waals surface area contributed by atoms with Gasteiger partial charge in [0.05, 0.1) is 18.8 Å². The van der Waals surface area contributed by atoms with Crippen molar-refractivity contribution in [1.82, 2.24) is 10.6 Å². The Labute approximate surface area is 178 Å². The molecule has 0 radical (unpaired) electrons. The molecule has 0 spiro atoms. The summed E-state index contributed by atoms with van der Waals surface area (Å²) in [7, 11) is 0. The Morgan fingerprint density at radius 3 is 2.73 bits per heavy atom. The molecule has 6 nitrogen and oxygen atoms in total. The van der Waals surface area contributed by atoms with Crippen molar-refractivity contribution in [2.75, 3.05) is 19.8 Å². The molecule has 0 aromatic heterocycles. The van der Waals surface area contributed by atoms with Crippen molar-refractivity contribution < 1.29 is 19.1 Å². The number of amides is 2. The van der Waals surface area contributed by atoms with Crippen molar-refractivity contribution in [3.8, 4) is 11.5 Å². The normalized spacial score (nSPS) is 13.3. The average molecular weight is 411 g/mol. The van der Waals surface area contributed by atoms with E-state index in [2.05, 4.69) is 16.7 Å². The maximum Gasteiger partial charge on any atom is 0.255 e. The molecular formula is C24H30N2O4. The molecule has 3 rings (SSSR count). The molecule has 1 aliphatic rings. The average Bonchev–Trinajstić information content (AvgIpc) is 3.20. The van der Waals surface area contributed by atoms with Gasteiger partial charge in [-0.3, -0.25) is 9.59 Å². The highest BCUT2D eigenvalue weighted by Gasteiger charge is 2.25. The molecule has 0 saturated heterocycles. The maximum atomic E-state index is 12.8. The molecule has 0 saturated carbocycles. The third-order valence-corrected chi connectivity index (χ3v) is 5.13. The fraction of sp³-hybridized carbons (Fsp3) is 0.417. The van der Waals surface area contributed by atoms with E-state index in [4.69, 9.17) is 9.47 Å². The fourth-order valence-electron chi connectivity index (χ4n) is 3.52. The standard InChI is InChI=1S/C24H30N2O4/c1-4-29-21-8-6-5-7-19(21)23(27)26-22(16(2)3)24(28)25-13-11-17-9-10-20-18(15-17)12-14-30-20/h5-10,15-16,22H,4,11-14H2,1-3H3,(H,25,28)(H,26,27). The zero-order valence-electron chi connectivity index (χ0n) is 17.9. The minimum absolute atomic E-state index is 0.0506. The molecule has 2 aromatic rings. The molecule has 2 aromatic carbocycles. The van der Waals surface area contributed by atoms with E-state index >= 15 is 0 Å². The van der Waals surface area contributed by atoms with Crippen LogP contribution in [0, 0.1) is 5.92 Å². The summed E-state index contributed by atoms with van der Waals surface area (Å²) < 4.78 is 11.1. The van der Waals surface area contributed by atoms with Gasteiger partial charge in [0.1, 0.15) is 17.5 Å². The van der Waals surface area contributed by atoms with Gasteiger partial charge in [-0.05, 0) is 48.6 Å². The Balaban J connectivity index is 1.57. The van der Waals surface area contributed by atoms with Crippen LogP contribution in [-0.4, -0.2) is 37.6 Å².